The minimum atomic E-state index is -0.420. The van der Waals surface area contributed by atoms with Gasteiger partial charge in [0, 0.05) is 19.6 Å². The molecule has 2 atom stereocenters. The number of hydrogen-bond donors (Lipinski definition) is 2. The number of nitrogens with one attached hydrogen (secondary N) is 1. The van der Waals surface area contributed by atoms with Crippen LogP contribution in [0.4, 0.5) is 4.39 Å². The van der Waals surface area contributed by atoms with Gasteiger partial charge in [-0.25, -0.2) is 4.39 Å². The highest BCUT2D eigenvalue weighted by atomic mass is 19.1. The number of carbonyl (C=O) groups excluding carboxylic acids is 1. The Hall–Kier alpha value is -1.92. The largest absolute Gasteiger partial charge is 0.459 e. The van der Waals surface area contributed by atoms with Gasteiger partial charge in [0.1, 0.15) is 5.82 Å². The molecule has 0 saturated heterocycles. The number of rotatable bonds is 9. The fourth-order valence-electron chi connectivity index (χ4n) is 3.10. The number of ether oxygens (including phenoxy) is 2. The Labute approximate surface area is 153 Å². The van der Waals surface area contributed by atoms with Gasteiger partial charge in [-0.3, -0.25) is 4.79 Å². The van der Waals surface area contributed by atoms with Crippen molar-refractivity contribution in [2.75, 3.05) is 13.2 Å². The first-order chi connectivity index (χ1) is 12.7. The Morgan fingerprint density at radius 3 is 2.73 bits per heavy atom. The van der Waals surface area contributed by atoms with E-state index >= 15 is 0 Å². The van der Waals surface area contributed by atoms with Gasteiger partial charge in [0.25, 0.3) is 5.91 Å². The van der Waals surface area contributed by atoms with Crippen LogP contribution in [-0.2, 0) is 20.8 Å². The molecule has 2 aliphatic rings. The summed E-state index contributed by atoms with van der Waals surface area (Å²) in [5, 5.41) is 11.7. The van der Waals surface area contributed by atoms with E-state index < -0.39 is 6.29 Å². The summed E-state index contributed by atoms with van der Waals surface area (Å²) in [6.07, 6.45) is 6.09. The molecule has 1 aromatic carbocycles. The second-order valence-electron chi connectivity index (χ2n) is 6.93. The van der Waals surface area contributed by atoms with Crippen LogP contribution in [0.25, 0.3) is 0 Å². The average Bonchev–Trinajstić information content (AvgIpc) is 3.49. The van der Waals surface area contributed by atoms with Crippen molar-refractivity contribution in [2.45, 2.75) is 44.9 Å². The summed E-state index contributed by atoms with van der Waals surface area (Å²) in [5.41, 5.74) is 0.826. The SMILES string of the molecule is O=C(NCc1ccc(F)cc1)C1=C[C@H](C2CC2)C[C@H](OCCCCO)O1. The summed E-state index contributed by atoms with van der Waals surface area (Å²) in [5.74, 6) is 0.651. The van der Waals surface area contributed by atoms with Crippen LogP contribution < -0.4 is 5.32 Å². The molecule has 6 heteroatoms. The molecule has 0 aromatic heterocycles. The molecular weight excluding hydrogens is 337 g/mol. The van der Waals surface area contributed by atoms with Gasteiger partial charge in [-0.15, -0.1) is 0 Å². The summed E-state index contributed by atoms with van der Waals surface area (Å²) in [6.45, 7) is 0.972. The quantitative estimate of drug-likeness (QED) is 0.662. The molecule has 1 saturated carbocycles. The first-order valence-electron chi connectivity index (χ1n) is 9.29. The fourth-order valence-corrected chi connectivity index (χ4v) is 3.10. The van der Waals surface area contributed by atoms with Crippen molar-refractivity contribution in [1.82, 2.24) is 5.32 Å². The van der Waals surface area contributed by atoms with Crippen molar-refractivity contribution in [3.05, 3.63) is 47.5 Å². The molecule has 0 radical (unpaired) electrons. The zero-order valence-corrected chi connectivity index (χ0v) is 14.8. The van der Waals surface area contributed by atoms with E-state index in [2.05, 4.69) is 5.32 Å². The van der Waals surface area contributed by atoms with Crippen LogP contribution in [0.15, 0.2) is 36.1 Å². The number of amides is 1. The second kappa shape index (κ2) is 9.14. The first kappa shape index (κ1) is 18.9. The average molecular weight is 363 g/mol. The molecule has 1 amide bonds. The third-order valence-electron chi connectivity index (χ3n) is 4.76. The van der Waals surface area contributed by atoms with Crippen molar-refractivity contribution >= 4 is 5.91 Å². The summed E-state index contributed by atoms with van der Waals surface area (Å²) in [6, 6.07) is 6.03. The molecule has 0 bridgehead atoms. The van der Waals surface area contributed by atoms with Crippen molar-refractivity contribution in [3.63, 3.8) is 0 Å². The van der Waals surface area contributed by atoms with Gasteiger partial charge in [-0.2, -0.15) is 0 Å². The van der Waals surface area contributed by atoms with Crippen LogP contribution in [0, 0.1) is 17.7 Å². The molecular formula is C20H26FNO4. The normalized spacial score (nSPS) is 22.5. The summed E-state index contributed by atoms with van der Waals surface area (Å²) in [7, 11) is 0. The number of halogens is 1. The number of aliphatic hydroxyl groups is 1. The molecule has 0 spiro atoms. The Bertz CT molecular complexity index is 627. The maximum absolute atomic E-state index is 12.9. The monoisotopic (exact) mass is 363 g/mol. The lowest BCUT2D eigenvalue weighted by atomic mass is 9.96. The predicted molar refractivity (Wildman–Crippen MR) is 94.3 cm³/mol. The second-order valence-corrected chi connectivity index (χ2v) is 6.93. The maximum Gasteiger partial charge on any atom is 0.286 e. The molecule has 1 aromatic rings. The van der Waals surface area contributed by atoms with Crippen LogP contribution in [0.5, 0.6) is 0 Å². The third-order valence-corrected chi connectivity index (χ3v) is 4.76. The summed E-state index contributed by atoms with van der Waals surface area (Å²) in [4.78, 5) is 12.5. The standard InChI is InChI=1S/C20H26FNO4/c21-17-7-3-14(4-8-17)13-22-20(24)18-11-16(15-5-6-15)12-19(26-18)25-10-2-1-9-23/h3-4,7-8,11,15-16,19,23H,1-2,5-6,9-10,12-13H2,(H,22,24)/t16-,19+/m0/s1. The number of hydrogen-bond acceptors (Lipinski definition) is 4. The van der Waals surface area contributed by atoms with Gasteiger partial charge in [0.2, 0.25) is 6.29 Å². The predicted octanol–water partition coefficient (Wildman–Crippen LogP) is 2.89. The van der Waals surface area contributed by atoms with Crippen LogP contribution in [0.3, 0.4) is 0 Å². The van der Waals surface area contributed by atoms with Crippen LogP contribution in [0.1, 0.15) is 37.7 Å². The van der Waals surface area contributed by atoms with Crippen molar-refractivity contribution < 1.29 is 23.8 Å². The summed E-state index contributed by atoms with van der Waals surface area (Å²) < 4.78 is 24.5. The molecule has 1 fully saturated rings. The van der Waals surface area contributed by atoms with Gasteiger partial charge in [-0.1, -0.05) is 12.1 Å². The van der Waals surface area contributed by atoms with E-state index in [0.29, 0.717) is 37.2 Å². The molecule has 1 heterocycles. The third kappa shape index (κ3) is 5.54. The van der Waals surface area contributed by atoms with Gasteiger partial charge in [0.15, 0.2) is 5.76 Å². The topological polar surface area (TPSA) is 67.8 Å². The molecule has 2 N–H and O–H groups in total. The van der Waals surface area contributed by atoms with Crippen LogP contribution in [0.2, 0.25) is 0 Å². The van der Waals surface area contributed by atoms with Crippen molar-refractivity contribution in [2.24, 2.45) is 11.8 Å². The molecule has 142 valence electrons. The molecule has 3 rings (SSSR count). The lowest BCUT2D eigenvalue weighted by Crippen LogP contribution is -2.33. The van der Waals surface area contributed by atoms with Gasteiger partial charge >= 0.3 is 0 Å². The minimum absolute atomic E-state index is 0.149. The molecule has 26 heavy (non-hydrogen) atoms. The Morgan fingerprint density at radius 2 is 2.04 bits per heavy atom. The minimum Gasteiger partial charge on any atom is -0.459 e. The number of aliphatic hydroxyl groups excluding tert-OH is 1. The maximum atomic E-state index is 12.9. The first-order valence-corrected chi connectivity index (χ1v) is 9.29. The number of benzene rings is 1. The van der Waals surface area contributed by atoms with E-state index in [-0.39, 0.29) is 18.3 Å². The molecule has 1 aliphatic carbocycles. The van der Waals surface area contributed by atoms with Gasteiger partial charge in [0.05, 0.1) is 6.61 Å². The number of allylic oxidation sites excluding steroid dienone is 1. The molecule has 1 aliphatic heterocycles. The lowest BCUT2D eigenvalue weighted by molar-refractivity contribution is -0.150. The van der Waals surface area contributed by atoms with Crippen molar-refractivity contribution in [3.8, 4) is 0 Å². The highest BCUT2D eigenvalue weighted by Gasteiger charge is 2.37. The Kier molecular flexibility index (Phi) is 6.63. The zero-order chi connectivity index (χ0) is 18.4. The van der Waals surface area contributed by atoms with E-state index in [9.17, 15) is 9.18 Å². The van der Waals surface area contributed by atoms with Gasteiger partial charge < -0.3 is 19.9 Å². The van der Waals surface area contributed by atoms with Crippen LogP contribution in [-0.4, -0.2) is 30.5 Å². The van der Waals surface area contributed by atoms with Gasteiger partial charge in [-0.05, 0) is 61.3 Å². The lowest BCUT2D eigenvalue weighted by Gasteiger charge is -2.29. The Morgan fingerprint density at radius 1 is 1.27 bits per heavy atom. The van der Waals surface area contributed by atoms with E-state index in [1.165, 1.54) is 25.0 Å². The fraction of sp³-hybridized carbons (Fsp3) is 0.550. The molecule has 0 unspecified atom stereocenters. The Balaban J connectivity index is 1.54. The highest BCUT2D eigenvalue weighted by Crippen LogP contribution is 2.42. The van der Waals surface area contributed by atoms with E-state index in [4.69, 9.17) is 14.6 Å². The molecule has 5 nitrogen and oxygen atoms in total. The van der Waals surface area contributed by atoms with E-state index in [1.807, 2.05) is 6.08 Å². The van der Waals surface area contributed by atoms with E-state index in [0.717, 1.165) is 18.4 Å². The summed E-state index contributed by atoms with van der Waals surface area (Å²) >= 11 is 0. The van der Waals surface area contributed by atoms with Crippen molar-refractivity contribution in [1.29, 1.82) is 0 Å². The highest BCUT2D eigenvalue weighted by molar-refractivity contribution is 5.91. The number of unbranched alkanes of at least 4 members (excludes halogenated alkanes) is 1. The smallest absolute Gasteiger partial charge is 0.286 e. The number of carbonyl (C=O) groups is 1. The van der Waals surface area contributed by atoms with Crippen LogP contribution >= 0.6 is 0 Å². The zero-order valence-electron chi connectivity index (χ0n) is 14.8. The van der Waals surface area contributed by atoms with E-state index in [1.54, 1.807) is 12.1 Å².